The fourth-order valence-corrected chi connectivity index (χ4v) is 4.06. The number of nitrogens with two attached hydrogens (primary N) is 1. The van der Waals surface area contributed by atoms with Crippen LogP contribution in [0.5, 0.6) is 0 Å². The third-order valence-electron chi connectivity index (χ3n) is 3.58. The van der Waals surface area contributed by atoms with Crippen LogP contribution in [0.1, 0.15) is 25.7 Å². The van der Waals surface area contributed by atoms with E-state index in [9.17, 15) is 13.2 Å². The highest BCUT2D eigenvalue weighted by Crippen LogP contribution is 2.24. The molecule has 1 aliphatic heterocycles. The summed E-state index contributed by atoms with van der Waals surface area (Å²) in [5.74, 6) is -0.923. The predicted molar refractivity (Wildman–Crippen MR) is 83.0 cm³/mol. The number of benzene rings is 1. The van der Waals surface area contributed by atoms with Gasteiger partial charge in [-0.25, -0.2) is 8.42 Å². The second-order valence-electron chi connectivity index (χ2n) is 5.24. The summed E-state index contributed by atoms with van der Waals surface area (Å²) in [6.07, 6.45) is 4.01. The van der Waals surface area contributed by atoms with Crippen molar-refractivity contribution in [1.82, 2.24) is 4.90 Å². The van der Waals surface area contributed by atoms with Crippen LogP contribution in [-0.4, -0.2) is 38.1 Å². The minimum absolute atomic E-state index is 0.0711. The topological polar surface area (TPSA) is 80.5 Å². The van der Waals surface area contributed by atoms with Crippen molar-refractivity contribution >= 4 is 33.0 Å². The van der Waals surface area contributed by atoms with Gasteiger partial charge in [0.1, 0.15) is 5.75 Å². The van der Waals surface area contributed by atoms with Gasteiger partial charge in [-0.1, -0.05) is 24.4 Å². The van der Waals surface area contributed by atoms with Gasteiger partial charge in [0, 0.05) is 18.1 Å². The summed E-state index contributed by atoms with van der Waals surface area (Å²) in [5.41, 5.74) is 5.81. The summed E-state index contributed by atoms with van der Waals surface area (Å²) in [7, 11) is -3.77. The Balaban J connectivity index is 2.16. The smallest absolute Gasteiger partial charge is 0.238 e. The van der Waals surface area contributed by atoms with Gasteiger partial charge in [-0.3, -0.25) is 4.79 Å². The van der Waals surface area contributed by atoms with E-state index in [1.807, 2.05) is 0 Å². The van der Waals surface area contributed by atoms with Gasteiger partial charge in [0.25, 0.3) is 0 Å². The van der Waals surface area contributed by atoms with Crippen molar-refractivity contribution in [2.24, 2.45) is 0 Å². The number of sulfone groups is 1. The van der Waals surface area contributed by atoms with Crippen molar-refractivity contribution in [3.05, 3.63) is 23.2 Å². The van der Waals surface area contributed by atoms with E-state index in [2.05, 4.69) is 0 Å². The van der Waals surface area contributed by atoms with E-state index in [1.165, 1.54) is 18.2 Å². The number of hydrogen-bond donors (Lipinski definition) is 1. The molecule has 0 radical (unpaired) electrons. The monoisotopic (exact) mass is 330 g/mol. The van der Waals surface area contributed by atoms with E-state index in [1.54, 1.807) is 4.90 Å². The highest BCUT2D eigenvalue weighted by molar-refractivity contribution is 7.92. The lowest BCUT2D eigenvalue weighted by atomic mass is 10.2. The summed E-state index contributed by atoms with van der Waals surface area (Å²) in [4.78, 5) is 13.8. The number of amides is 1. The molecule has 0 bridgehead atoms. The first-order valence-corrected chi connectivity index (χ1v) is 8.99. The van der Waals surface area contributed by atoms with Crippen LogP contribution < -0.4 is 5.73 Å². The number of hydrogen-bond acceptors (Lipinski definition) is 4. The Morgan fingerprint density at radius 1 is 1.19 bits per heavy atom. The minimum Gasteiger partial charge on any atom is -0.398 e. The maximum Gasteiger partial charge on any atom is 0.238 e. The van der Waals surface area contributed by atoms with Crippen molar-refractivity contribution in [3.63, 3.8) is 0 Å². The van der Waals surface area contributed by atoms with E-state index in [-0.39, 0.29) is 21.5 Å². The number of carbonyl (C=O) groups is 1. The first-order chi connectivity index (χ1) is 9.90. The average Bonchev–Trinajstić information content (AvgIpc) is 2.70. The van der Waals surface area contributed by atoms with Crippen molar-refractivity contribution < 1.29 is 13.2 Å². The quantitative estimate of drug-likeness (QED) is 0.861. The van der Waals surface area contributed by atoms with Crippen molar-refractivity contribution in [1.29, 1.82) is 0 Å². The molecule has 1 aromatic carbocycles. The lowest BCUT2D eigenvalue weighted by Gasteiger charge is -2.20. The zero-order valence-electron chi connectivity index (χ0n) is 11.7. The third-order valence-corrected chi connectivity index (χ3v) is 5.47. The van der Waals surface area contributed by atoms with Gasteiger partial charge in [0.2, 0.25) is 5.91 Å². The summed E-state index contributed by atoms with van der Waals surface area (Å²) >= 11 is 5.81. The van der Waals surface area contributed by atoms with Crippen LogP contribution >= 0.6 is 11.6 Å². The SMILES string of the molecule is Nc1ccc(Cl)cc1S(=O)(=O)CC(=O)N1CCCCCC1. The maximum absolute atomic E-state index is 12.4. The zero-order chi connectivity index (χ0) is 15.5. The number of nitrogen functional groups attached to an aromatic ring is 1. The highest BCUT2D eigenvalue weighted by atomic mass is 35.5. The van der Waals surface area contributed by atoms with Gasteiger partial charge in [-0.15, -0.1) is 0 Å². The first kappa shape index (κ1) is 16.1. The second kappa shape index (κ2) is 6.66. The summed E-state index contributed by atoms with van der Waals surface area (Å²) in [6, 6.07) is 4.25. The second-order valence-corrected chi connectivity index (χ2v) is 7.63. The Labute approximate surface area is 130 Å². The molecule has 1 amide bonds. The van der Waals surface area contributed by atoms with Crippen molar-refractivity contribution in [2.75, 3.05) is 24.6 Å². The van der Waals surface area contributed by atoms with E-state index >= 15 is 0 Å². The molecule has 0 saturated carbocycles. The number of rotatable bonds is 3. The Bertz CT molecular complexity index is 623. The van der Waals surface area contributed by atoms with Crippen LogP contribution in [0.3, 0.4) is 0 Å². The highest BCUT2D eigenvalue weighted by Gasteiger charge is 2.25. The van der Waals surface area contributed by atoms with Gasteiger partial charge < -0.3 is 10.6 Å². The van der Waals surface area contributed by atoms with Crippen LogP contribution in [0.15, 0.2) is 23.1 Å². The Morgan fingerprint density at radius 2 is 1.81 bits per heavy atom. The number of nitrogens with zero attached hydrogens (tertiary/aromatic N) is 1. The summed E-state index contributed by atoms with van der Waals surface area (Å²) in [6.45, 7) is 1.25. The molecule has 0 aliphatic carbocycles. The molecule has 5 nitrogen and oxygen atoms in total. The lowest BCUT2D eigenvalue weighted by molar-refractivity contribution is -0.128. The van der Waals surface area contributed by atoms with Gasteiger partial charge in [-0.2, -0.15) is 0 Å². The van der Waals surface area contributed by atoms with Gasteiger partial charge in [0.05, 0.1) is 10.6 Å². The molecule has 1 aliphatic rings. The predicted octanol–water partition coefficient (Wildman–Crippen LogP) is 2.10. The van der Waals surface area contributed by atoms with Crippen LogP contribution in [0.25, 0.3) is 0 Å². The summed E-state index contributed by atoms with van der Waals surface area (Å²) < 4.78 is 24.7. The maximum atomic E-state index is 12.4. The first-order valence-electron chi connectivity index (χ1n) is 6.96. The van der Waals surface area contributed by atoms with Gasteiger partial charge >= 0.3 is 0 Å². The molecule has 1 saturated heterocycles. The molecule has 116 valence electrons. The molecular formula is C14H19ClN2O3S. The Kier molecular flexibility index (Phi) is 5.11. The molecule has 2 N–H and O–H groups in total. The van der Waals surface area contributed by atoms with Crippen molar-refractivity contribution in [2.45, 2.75) is 30.6 Å². The standard InChI is InChI=1S/C14H19ClN2O3S/c15-11-5-6-12(16)13(9-11)21(19,20)10-14(18)17-7-3-1-2-4-8-17/h5-6,9H,1-4,7-8,10,16H2. The Hall–Kier alpha value is -1.27. The fraction of sp³-hybridized carbons (Fsp3) is 0.500. The largest absolute Gasteiger partial charge is 0.398 e. The fourth-order valence-electron chi connectivity index (χ4n) is 2.43. The molecule has 0 spiro atoms. The number of halogens is 1. The van der Waals surface area contributed by atoms with Crippen molar-refractivity contribution in [3.8, 4) is 0 Å². The van der Waals surface area contributed by atoms with Gasteiger partial charge in [0.15, 0.2) is 9.84 Å². The molecule has 2 rings (SSSR count). The molecule has 0 atom stereocenters. The van der Waals surface area contributed by atoms with Crippen LogP contribution in [0, 0.1) is 0 Å². The minimum atomic E-state index is -3.77. The molecule has 1 fully saturated rings. The molecule has 0 unspecified atom stereocenters. The number of carbonyl (C=O) groups excluding carboxylic acids is 1. The molecule has 7 heteroatoms. The Morgan fingerprint density at radius 3 is 2.43 bits per heavy atom. The summed E-state index contributed by atoms with van der Waals surface area (Å²) in [5, 5.41) is 0.282. The van der Waals surface area contributed by atoms with E-state index in [4.69, 9.17) is 17.3 Å². The molecule has 1 aromatic rings. The molecule has 1 heterocycles. The van der Waals surface area contributed by atoms with Crippen LogP contribution in [-0.2, 0) is 14.6 Å². The van der Waals surface area contributed by atoms with E-state index in [0.29, 0.717) is 13.1 Å². The number of likely N-dealkylation sites (tertiary alicyclic amines) is 1. The zero-order valence-corrected chi connectivity index (χ0v) is 13.3. The molecule has 21 heavy (non-hydrogen) atoms. The number of anilines is 1. The van der Waals surface area contributed by atoms with Crippen LogP contribution in [0.2, 0.25) is 5.02 Å². The molecular weight excluding hydrogens is 312 g/mol. The molecule has 0 aromatic heterocycles. The van der Waals surface area contributed by atoms with E-state index < -0.39 is 15.6 Å². The van der Waals surface area contributed by atoms with Gasteiger partial charge in [-0.05, 0) is 31.0 Å². The lowest BCUT2D eigenvalue weighted by Crippen LogP contribution is -2.36. The average molecular weight is 331 g/mol. The third kappa shape index (κ3) is 4.11. The van der Waals surface area contributed by atoms with Crippen LogP contribution in [0.4, 0.5) is 5.69 Å². The normalized spacial score (nSPS) is 16.5. The van der Waals surface area contributed by atoms with E-state index in [0.717, 1.165) is 25.7 Å².